The number of amides is 2. The predicted octanol–water partition coefficient (Wildman–Crippen LogP) is 1.59. The first-order valence-corrected chi connectivity index (χ1v) is 10.6. The van der Waals surface area contributed by atoms with Crippen LogP contribution in [0.3, 0.4) is 0 Å². The fourth-order valence-electron chi connectivity index (χ4n) is 2.91. The van der Waals surface area contributed by atoms with Crippen LogP contribution in [-0.4, -0.2) is 62.8 Å². The van der Waals surface area contributed by atoms with Gasteiger partial charge in [-0.3, -0.25) is 9.59 Å². The van der Waals surface area contributed by atoms with Gasteiger partial charge in [-0.2, -0.15) is 0 Å². The summed E-state index contributed by atoms with van der Waals surface area (Å²) in [7, 11) is -3.78. The first-order chi connectivity index (χ1) is 13.4. The van der Waals surface area contributed by atoms with Crippen LogP contribution in [0.2, 0.25) is 5.02 Å². The van der Waals surface area contributed by atoms with Crippen molar-refractivity contribution in [2.75, 3.05) is 32.7 Å². The Hall–Kier alpha value is -2.36. The molecule has 1 N–H and O–H groups in total. The van der Waals surface area contributed by atoms with Crippen molar-refractivity contribution in [3.63, 3.8) is 0 Å². The molecule has 1 aromatic heterocycles. The van der Waals surface area contributed by atoms with E-state index in [9.17, 15) is 18.0 Å². The summed E-state index contributed by atoms with van der Waals surface area (Å²) in [6.07, 6.45) is 1.46. The average molecular weight is 426 g/mol. The number of hydrogen-bond donors (Lipinski definition) is 1. The number of carbonyl (C=O) groups is 2. The molecule has 0 unspecified atom stereocenters. The fourth-order valence-corrected chi connectivity index (χ4v) is 4.46. The van der Waals surface area contributed by atoms with Crippen LogP contribution < -0.4 is 4.72 Å². The van der Waals surface area contributed by atoms with E-state index < -0.39 is 10.0 Å². The monoisotopic (exact) mass is 425 g/mol. The van der Waals surface area contributed by atoms with Crippen molar-refractivity contribution in [1.82, 2.24) is 14.5 Å². The van der Waals surface area contributed by atoms with Crippen LogP contribution in [0.15, 0.2) is 52.0 Å². The molecule has 1 aromatic carbocycles. The van der Waals surface area contributed by atoms with Crippen molar-refractivity contribution in [3.8, 4) is 0 Å². The molecular weight excluding hydrogens is 406 g/mol. The summed E-state index contributed by atoms with van der Waals surface area (Å²) in [5, 5.41) is 0.124. The van der Waals surface area contributed by atoms with Crippen molar-refractivity contribution in [2.24, 2.45) is 0 Å². The molecule has 2 aromatic rings. The number of nitrogens with zero attached hydrogens (tertiary/aromatic N) is 2. The number of rotatable bonds is 6. The van der Waals surface area contributed by atoms with Gasteiger partial charge in [-0.15, -0.1) is 0 Å². The van der Waals surface area contributed by atoms with Gasteiger partial charge >= 0.3 is 0 Å². The van der Waals surface area contributed by atoms with Crippen LogP contribution in [-0.2, 0) is 14.8 Å². The molecule has 3 rings (SSSR count). The number of hydrogen-bond acceptors (Lipinski definition) is 5. The van der Waals surface area contributed by atoms with E-state index in [2.05, 4.69) is 4.72 Å². The molecule has 150 valence electrons. The SMILES string of the molecule is O=C(CCNS(=O)(=O)c1ccccc1Cl)N1CCN(C(=O)c2ccco2)CC1. The number of piperazine rings is 1. The molecule has 0 bridgehead atoms. The highest BCUT2D eigenvalue weighted by Gasteiger charge is 2.26. The summed E-state index contributed by atoms with van der Waals surface area (Å²) in [6, 6.07) is 9.37. The zero-order chi connectivity index (χ0) is 20.1. The summed E-state index contributed by atoms with van der Waals surface area (Å²) >= 11 is 5.91. The Labute approximate surface area is 168 Å². The third-order valence-electron chi connectivity index (χ3n) is 4.41. The average Bonchev–Trinajstić information content (AvgIpc) is 3.22. The van der Waals surface area contributed by atoms with E-state index in [1.807, 2.05) is 0 Å². The van der Waals surface area contributed by atoms with Gasteiger partial charge in [-0.05, 0) is 24.3 Å². The van der Waals surface area contributed by atoms with Gasteiger partial charge in [-0.1, -0.05) is 23.7 Å². The second-order valence-electron chi connectivity index (χ2n) is 6.23. The Kier molecular flexibility index (Phi) is 6.38. The molecule has 0 saturated carbocycles. The molecule has 1 aliphatic rings. The minimum Gasteiger partial charge on any atom is -0.459 e. The number of nitrogens with one attached hydrogen (secondary N) is 1. The molecular formula is C18H20ClN3O5S. The van der Waals surface area contributed by atoms with Gasteiger partial charge in [0.25, 0.3) is 5.91 Å². The van der Waals surface area contributed by atoms with Gasteiger partial charge in [0.1, 0.15) is 4.90 Å². The first-order valence-electron chi connectivity index (χ1n) is 8.73. The van der Waals surface area contributed by atoms with Crippen LogP contribution in [0, 0.1) is 0 Å². The van der Waals surface area contributed by atoms with E-state index in [1.54, 1.807) is 34.1 Å². The number of halogens is 1. The number of sulfonamides is 1. The molecule has 1 saturated heterocycles. The Balaban J connectivity index is 1.46. The Morgan fingerprint density at radius 3 is 2.36 bits per heavy atom. The van der Waals surface area contributed by atoms with Gasteiger partial charge in [0.2, 0.25) is 15.9 Å². The first kappa shape index (κ1) is 20.4. The van der Waals surface area contributed by atoms with Crippen molar-refractivity contribution < 1.29 is 22.4 Å². The zero-order valence-corrected chi connectivity index (χ0v) is 16.6. The van der Waals surface area contributed by atoms with Crippen LogP contribution in [0.4, 0.5) is 0 Å². The van der Waals surface area contributed by atoms with Crippen LogP contribution in [0.5, 0.6) is 0 Å². The van der Waals surface area contributed by atoms with Crippen LogP contribution in [0.1, 0.15) is 17.0 Å². The maximum absolute atomic E-state index is 12.3. The standard InChI is InChI=1S/C18H20ClN3O5S/c19-14-4-1-2-6-16(14)28(25,26)20-8-7-17(23)21-9-11-22(12-10-21)18(24)15-5-3-13-27-15/h1-6,13,20H,7-12H2. The van der Waals surface area contributed by atoms with Gasteiger partial charge in [-0.25, -0.2) is 13.1 Å². The van der Waals surface area contributed by atoms with Gasteiger partial charge in [0.05, 0.1) is 11.3 Å². The molecule has 28 heavy (non-hydrogen) atoms. The molecule has 10 heteroatoms. The Morgan fingerprint density at radius 2 is 1.71 bits per heavy atom. The van der Waals surface area contributed by atoms with E-state index in [-0.39, 0.29) is 40.5 Å². The highest BCUT2D eigenvalue weighted by atomic mass is 35.5. The second kappa shape index (κ2) is 8.76. The smallest absolute Gasteiger partial charge is 0.289 e. The minimum absolute atomic E-state index is 0.0193. The van der Waals surface area contributed by atoms with E-state index in [1.165, 1.54) is 18.4 Å². The van der Waals surface area contributed by atoms with Crippen molar-refractivity contribution >= 4 is 33.4 Å². The normalized spacial score (nSPS) is 14.9. The van der Waals surface area contributed by atoms with Gasteiger partial charge < -0.3 is 14.2 Å². The second-order valence-corrected chi connectivity index (χ2v) is 8.37. The highest BCUT2D eigenvalue weighted by Crippen LogP contribution is 2.20. The van der Waals surface area contributed by atoms with Crippen molar-refractivity contribution in [2.45, 2.75) is 11.3 Å². The largest absolute Gasteiger partial charge is 0.459 e. The number of furan rings is 1. The number of benzene rings is 1. The molecule has 1 aliphatic heterocycles. The summed E-state index contributed by atoms with van der Waals surface area (Å²) in [4.78, 5) is 27.8. The summed E-state index contributed by atoms with van der Waals surface area (Å²) < 4.78 is 32.0. The molecule has 8 nitrogen and oxygen atoms in total. The summed E-state index contributed by atoms with van der Waals surface area (Å²) in [6.45, 7) is 1.55. The maximum atomic E-state index is 12.3. The van der Waals surface area contributed by atoms with Crippen LogP contribution >= 0.6 is 11.6 Å². The quantitative estimate of drug-likeness (QED) is 0.757. The van der Waals surface area contributed by atoms with E-state index >= 15 is 0 Å². The lowest BCUT2D eigenvalue weighted by atomic mass is 10.2. The Morgan fingerprint density at radius 1 is 1.04 bits per heavy atom. The van der Waals surface area contributed by atoms with E-state index in [0.717, 1.165) is 0 Å². The van der Waals surface area contributed by atoms with Gasteiger partial charge in [0, 0.05) is 39.1 Å². The topological polar surface area (TPSA) is 99.9 Å². The van der Waals surface area contributed by atoms with Crippen molar-refractivity contribution in [1.29, 1.82) is 0 Å². The molecule has 0 aliphatic carbocycles. The summed E-state index contributed by atoms with van der Waals surface area (Å²) in [5.74, 6) is -0.106. The molecule has 0 spiro atoms. The lowest BCUT2D eigenvalue weighted by Gasteiger charge is -2.34. The molecule has 0 radical (unpaired) electrons. The molecule has 2 heterocycles. The lowest BCUT2D eigenvalue weighted by molar-refractivity contribution is -0.132. The third-order valence-corrected chi connectivity index (χ3v) is 6.37. The van der Waals surface area contributed by atoms with E-state index in [0.29, 0.717) is 26.2 Å². The fraction of sp³-hybridized carbons (Fsp3) is 0.333. The Bertz CT molecular complexity index is 938. The summed E-state index contributed by atoms with van der Waals surface area (Å²) in [5.41, 5.74) is 0. The predicted molar refractivity (Wildman–Crippen MR) is 102 cm³/mol. The highest BCUT2D eigenvalue weighted by molar-refractivity contribution is 7.89. The zero-order valence-electron chi connectivity index (χ0n) is 15.0. The molecule has 0 atom stereocenters. The maximum Gasteiger partial charge on any atom is 0.289 e. The lowest BCUT2D eigenvalue weighted by Crippen LogP contribution is -2.51. The number of carbonyl (C=O) groups excluding carboxylic acids is 2. The van der Waals surface area contributed by atoms with Crippen molar-refractivity contribution in [3.05, 3.63) is 53.4 Å². The molecule has 2 amide bonds. The third kappa shape index (κ3) is 4.73. The van der Waals surface area contributed by atoms with Crippen LogP contribution in [0.25, 0.3) is 0 Å². The molecule has 1 fully saturated rings. The van der Waals surface area contributed by atoms with E-state index in [4.69, 9.17) is 16.0 Å². The minimum atomic E-state index is -3.78. The van der Waals surface area contributed by atoms with Gasteiger partial charge in [0.15, 0.2) is 5.76 Å².